The number of thiophene rings is 1. The maximum atomic E-state index is 12.4. The van der Waals surface area contributed by atoms with Crippen molar-refractivity contribution in [3.63, 3.8) is 0 Å². The zero-order chi connectivity index (χ0) is 16.3. The third-order valence-electron chi connectivity index (χ3n) is 3.33. The number of nitrogens with zero attached hydrogens (tertiary/aromatic N) is 2. The topological polar surface area (TPSA) is 71.5 Å². The molecule has 0 aromatic carbocycles. The van der Waals surface area contributed by atoms with Crippen molar-refractivity contribution < 1.29 is 14.3 Å². The fourth-order valence-corrected chi connectivity index (χ4v) is 3.48. The summed E-state index contributed by atoms with van der Waals surface area (Å²) in [4.78, 5) is 26.8. The Morgan fingerprint density at radius 2 is 2.18 bits per heavy atom. The lowest BCUT2D eigenvalue weighted by molar-refractivity contribution is 0.0601. The lowest BCUT2D eigenvalue weighted by atomic mass is 10.2. The molecule has 1 atom stereocenters. The minimum absolute atomic E-state index is 0.0596. The number of hydrogen-bond donors (Lipinski definition) is 1. The first-order valence-corrected chi connectivity index (χ1v) is 8.22. The largest absolute Gasteiger partial charge is 0.465 e. The van der Waals surface area contributed by atoms with Gasteiger partial charge in [0.1, 0.15) is 10.6 Å². The van der Waals surface area contributed by atoms with E-state index in [0.717, 1.165) is 16.4 Å². The molecule has 0 unspecified atom stereocenters. The molecule has 0 aliphatic rings. The van der Waals surface area contributed by atoms with Crippen molar-refractivity contribution in [2.45, 2.75) is 19.9 Å². The third kappa shape index (κ3) is 3.28. The number of carbonyl (C=O) groups is 2. The fourth-order valence-electron chi connectivity index (χ4n) is 1.88. The molecule has 2 rings (SSSR count). The Bertz CT molecular complexity index is 667. The summed E-state index contributed by atoms with van der Waals surface area (Å²) in [6.07, 6.45) is 0. The Balaban J connectivity index is 2.14. The van der Waals surface area contributed by atoms with Crippen molar-refractivity contribution in [2.75, 3.05) is 19.5 Å². The second-order valence-corrected chi connectivity index (χ2v) is 6.45. The van der Waals surface area contributed by atoms with Crippen molar-refractivity contribution in [1.82, 2.24) is 9.27 Å². The number of esters is 1. The van der Waals surface area contributed by atoms with Gasteiger partial charge < -0.3 is 9.64 Å². The molecule has 2 heterocycles. The second kappa shape index (κ2) is 6.89. The number of nitrogens with one attached hydrogen (secondary N) is 1. The molecular weight excluding hydrogens is 322 g/mol. The van der Waals surface area contributed by atoms with Crippen LogP contribution >= 0.6 is 22.9 Å². The van der Waals surface area contributed by atoms with Crippen LogP contribution in [0.3, 0.4) is 0 Å². The van der Waals surface area contributed by atoms with E-state index in [1.807, 2.05) is 24.4 Å². The highest BCUT2D eigenvalue weighted by Crippen LogP contribution is 2.27. The van der Waals surface area contributed by atoms with Gasteiger partial charge in [0.2, 0.25) is 0 Å². The minimum atomic E-state index is -0.504. The molecule has 22 heavy (non-hydrogen) atoms. The number of rotatable bonds is 4. The second-order valence-electron chi connectivity index (χ2n) is 4.70. The van der Waals surface area contributed by atoms with Gasteiger partial charge >= 0.3 is 12.0 Å². The number of methoxy groups -OCH3 is 1. The highest BCUT2D eigenvalue weighted by atomic mass is 32.1. The molecule has 0 spiro atoms. The molecule has 0 radical (unpaired) electrons. The maximum absolute atomic E-state index is 12.4. The molecule has 8 heteroatoms. The molecule has 0 fully saturated rings. The van der Waals surface area contributed by atoms with Crippen LogP contribution in [0.2, 0.25) is 0 Å². The van der Waals surface area contributed by atoms with Gasteiger partial charge in [0.05, 0.1) is 18.8 Å². The van der Waals surface area contributed by atoms with Crippen molar-refractivity contribution in [3.05, 3.63) is 33.6 Å². The van der Waals surface area contributed by atoms with Crippen LogP contribution in [-0.4, -0.2) is 35.4 Å². The molecule has 2 amide bonds. The van der Waals surface area contributed by atoms with Crippen LogP contribution in [0, 0.1) is 6.92 Å². The van der Waals surface area contributed by atoms with Crippen LogP contribution in [0.1, 0.15) is 33.9 Å². The van der Waals surface area contributed by atoms with Crippen LogP contribution in [-0.2, 0) is 4.74 Å². The van der Waals surface area contributed by atoms with E-state index in [2.05, 4.69) is 9.69 Å². The first-order chi connectivity index (χ1) is 10.5. The summed E-state index contributed by atoms with van der Waals surface area (Å²) in [7, 11) is 3.02. The molecule has 2 aromatic rings. The lowest BCUT2D eigenvalue weighted by Crippen LogP contribution is -2.33. The highest BCUT2D eigenvalue weighted by Gasteiger charge is 2.24. The number of ether oxygens (including phenoxy) is 1. The van der Waals surface area contributed by atoms with Crippen LogP contribution < -0.4 is 5.32 Å². The van der Waals surface area contributed by atoms with Gasteiger partial charge in [-0.2, -0.15) is 4.37 Å². The van der Waals surface area contributed by atoms with E-state index in [9.17, 15) is 9.59 Å². The Morgan fingerprint density at radius 1 is 1.45 bits per heavy atom. The highest BCUT2D eigenvalue weighted by molar-refractivity contribution is 7.11. The van der Waals surface area contributed by atoms with Crippen LogP contribution in [0.4, 0.5) is 9.80 Å². The lowest BCUT2D eigenvalue weighted by Gasteiger charge is -2.24. The van der Waals surface area contributed by atoms with Crippen LogP contribution in [0.5, 0.6) is 0 Å². The van der Waals surface area contributed by atoms with Gasteiger partial charge in [-0.1, -0.05) is 6.07 Å². The van der Waals surface area contributed by atoms with Crippen molar-refractivity contribution in [2.24, 2.45) is 0 Å². The maximum Gasteiger partial charge on any atom is 0.342 e. The normalized spacial score (nSPS) is 11.8. The molecule has 0 saturated heterocycles. The number of aromatic nitrogens is 1. The summed E-state index contributed by atoms with van der Waals surface area (Å²) in [6.45, 7) is 3.65. The molecule has 0 bridgehead atoms. The van der Waals surface area contributed by atoms with Crippen molar-refractivity contribution >= 4 is 39.9 Å². The van der Waals surface area contributed by atoms with Gasteiger partial charge in [-0.3, -0.25) is 5.32 Å². The van der Waals surface area contributed by atoms with Crippen LogP contribution in [0.15, 0.2) is 17.5 Å². The molecule has 0 aliphatic heterocycles. The standard InChI is InChI=1S/C14H17N3O3S2/c1-8-11(13(18)20-4)12(22-16-8)15-14(19)17(3)9(2)10-6-5-7-21-10/h5-7,9H,1-4H3,(H,15,19)/t9-/m1/s1. The van der Waals surface area contributed by atoms with Gasteiger partial charge in [-0.25, -0.2) is 9.59 Å². The summed E-state index contributed by atoms with van der Waals surface area (Å²) >= 11 is 2.66. The smallest absolute Gasteiger partial charge is 0.342 e. The van der Waals surface area contributed by atoms with E-state index < -0.39 is 5.97 Å². The molecule has 0 saturated carbocycles. The summed E-state index contributed by atoms with van der Waals surface area (Å²) < 4.78 is 8.83. The van der Waals surface area contributed by atoms with Crippen molar-refractivity contribution in [3.8, 4) is 0 Å². The average Bonchev–Trinajstić information content (AvgIpc) is 3.15. The first kappa shape index (κ1) is 16.4. The molecule has 118 valence electrons. The number of aryl methyl sites for hydroxylation is 1. The molecule has 0 aliphatic carbocycles. The Kier molecular flexibility index (Phi) is 5.15. The number of anilines is 1. The number of carbonyl (C=O) groups excluding carboxylic acids is 2. The summed E-state index contributed by atoms with van der Waals surface area (Å²) in [5, 5.41) is 5.11. The fraction of sp³-hybridized carbons (Fsp3) is 0.357. The van der Waals surface area contributed by atoms with Gasteiger partial charge in [-0.15, -0.1) is 11.3 Å². The summed E-state index contributed by atoms with van der Waals surface area (Å²) in [5.74, 6) is -0.504. The van der Waals surface area contributed by atoms with Gasteiger partial charge in [-0.05, 0) is 36.8 Å². The van der Waals surface area contributed by atoms with Crippen molar-refractivity contribution in [1.29, 1.82) is 0 Å². The Morgan fingerprint density at radius 3 is 2.77 bits per heavy atom. The molecule has 6 nitrogen and oxygen atoms in total. The van der Waals surface area contributed by atoms with E-state index in [-0.39, 0.29) is 12.1 Å². The molecule has 2 aromatic heterocycles. The van der Waals surface area contributed by atoms with Gasteiger partial charge in [0.15, 0.2) is 0 Å². The van der Waals surface area contributed by atoms with Gasteiger partial charge in [0, 0.05) is 11.9 Å². The first-order valence-electron chi connectivity index (χ1n) is 6.57. The zero-order valence-corrected chi connectivity index (χ0v) is 14.4. The monoisotopic (exact) mass is 339 g/mol. The zero-order valence-electron chi connectivity index (χ0n) is 12.7. The Hall–Kier alpha value is -1.93. The predicted octanol–water partition coefficient (Wildman–Crippen LogP) is 3.52. The van der Waals surface area contributed by atoms with E-state index in [0.29, 0.717) is 16.3 Å². The SMILES string of the molecule is COC(=O)c1c(C)nsc1NC(=O)N(C)[C@H](C)c1cccs1. The Labute approximate surface area is 136 Å². The quantitative estimate of drug-likeness (QED) is 0.865. The predicted molar refractivity (Wildman–Crippen MR) is 87.7 cm³/mol. The van der Waals surface area contributed by atoms with Crippen LogP contribution in [0.25, 0.3) is 0 Å². The number of hydrogen-bond acceptors (Lipinski definition) is 6. The van der Waals surface area contributed by atoms with E-state index in [1.54, 1.807) is 30.2 Å². The molecular formula is C14H17N3O3S2. The number of urea groups is 1. The molecule has 1 N–H and O–H groups in total. The minimum Gasteiger partial charge on any atom is -0.465 e. The average molecular weight is 339 g/mol. The van der Waals surface area contributed by atoms with E-state index in [1.165, 1.54) is 7.11 Å². The third-order valence-corrected chi connectivity index (χ3v) is 5.23. The number of amides is 2. The van der Waals surface area contributed by atoms with E-state index in [4.69, 9.17) is 4.74 Å². The van der Waals surface area contributed by atoms with Gasteiger partial charge in [0.25, 0.3) is 0 Å². The van der Waals surface area contributed by atoms with E-state index >= 15 is 0 Å². The summed E-state index contributed by atoms with van der Waals surface area (Å²) in [5.41, 5.74) is 0.846. The summed E-state index contributed by atoms with van der Waals surface area (Å²) in [6, 6.07) is 3.57.